The maximum Gasteiger partial charge on any atom is 0.0537 e. The summed E-state index contributed by atoms with van der Waals surface area (Å²) >= 11 is 0. The van der Waals surface area contributed by atoms with Crippen molar-refractivity contribution in [3.05, 3.63) is 18.0 Å². The Morgan fingerprint density at radius 1 is 1.00 bits per heavy atom. The van der Waals surface area contributed by atoms with Crippen LogP contribution in [0.2, 0.25) is 0 Å². The highest BCUT2D eigenvalue weighted by Crippen LogP contribution is 2.27. The molecule has 1 fully saturated rings. The van der Waals surface area contributed by atoms with Gasteiger partial charge in [0.2, 0.25) is 0 Å². The standard InChI is InChI=1S/C22H41N3/c1-3-5-7-9-11-14-21(15-12-10-8-6-4-2)25-19-20(18-24-25)22-16-13-17-23-22/h18-19,21-23H,3-17H2,1-2H3/t22-/m0/s1. The van der Waals surface area contributed by atoms with E-state index < -0.39 is 0 Å². The van der Waals surface area contributed by atoms with Crippen LogP contribution in [0.4, 0.5) is 0 Å². The van der Waals surface area contributed by atoms with Gasteiger partial charge in [0.05, 0.1) is 12.2 Å². The number of nitrogens with one attached hydrogen (secondary N) is 1. The van der Waals surface area contributed by atoms with E-state index in [0.29, 0.717) is 12.1 Å². The third-order valence-electron chi connectivity index (χ3n) is 5.74. The van der Waals surface area contributed by atoms with Gasteiger partial charge >= 0.3 is 0 Å². The largest absolute Gasteiger partial charge is 0.310 e. The lowest BCUT2D eigenvalue weighted by atomic mass is 10.0. The molecular formula is C22H41N3. The van der Waals surface area contributed by atoms with Crippen molar-refractivity contribution in [1.82, 2.24) is 15.1 Å². The lowest BCUT2D eigenvalue weighted by Crippen LogP contribution is -2.13. The number of hydrogen-bond donors (Lipinski definition) is 1. The number of hydrogen-bond acceptors (Lipinski definition) is 2. The Hall–Kier alpha value is -0.830. The zero-order valence-electron chi connectivity index (χ0n) is 16.8. The van der Waals surface area contributed by atoms with Gasteiger partial charge in [-0.3, -0.25) is 4.68 Å². The van der Waals surface area contributed by atoms with Crippen molar-refractivity contribution in [1.29, 1.82) is 0 Å². The first-order valence-electron chi connectivity index (χ1n) is 11.1. The van der Waals surface area contributed by atoms with Crippen molar-refractivity contribution in [2.24, 2.45) is 0 Å². The van der Waals surface area contributed by atoms with Crippen molar-refractivity contribution in [2.45, 2.75) is 116 Å². The summed E-state index contributed by atoms with van der Waals surface area (Å²) < 4.78 is 2.30. The smallest absolute Gasteiger partial charge is 0.0537 e. The first-order valence-corrected chi connectivity index (χ1v) is 11.1. The molecule has 1 saturated heterocycles. The summed E-state index contributed by atoms with van der Waals surface area (Å²) in [7, 11) is 0. The summed E-state index contributed by atoms with van der Waals surface area (Å²) in [5.74, 6) is 0. The van der Waals surface area contributed by atoms with Crippen LogP contribution in [0, 0.1) is 0 Å². The van der Waals surface area contributed by atoms with Crippen LogP contribution < -0.4 is 5.32 Å². The molecule has 144 valence electrons. The Morgan fingerprint density at radius 2 is 1.64 bits per heavy atom. The van der Waals surface area contributed by atoms with E-state index in [1.807, 2.05) is 0 Å². The molecule has 0 amide bonds. The molecule has 1 N–H and O–H groups in total. The third-order valence-corrected chi connectivity index (χ3v) is 5.74. The maximum absolute atomic E-state index is 4.77. The summed E-state index contributed by atoms with van der Waals surface area (Å²) in [5.41, 5.74) is 1.40. The van der Waals surface area contributed by atoms with Crippen LogP contribution >= 0.6 is 0 Å². The molecule has 0 bridgehead atoms. The van der Waals surface area contributed by atoms with Crippen molar-refractivity contribution in [3.63, 3.8) is 0 Å². The minimum atomic E-state index is 0.545. The number of unbranched alkanes of at least 4 members (excludes halogenated alkanes) is 8. The number of nitrogens with zero attached hydrogens (tertiary/aromatic N) is 2. The molecule has 3 heteroatoms. The average Bonchev–Trinajstić information content (AvgIpc) is 3.30. The fourth-order valence-corrected chi connectivity index (χ4v) is 4.08. The highest BCUT2D eigenvalue weighted by Gasteiger charge is 2.19. The van der Waals surface area contributed by atoms with E-state index in [2.05, 4.69) is 36.2 Å². The van der Waals surface area contributed by atoms with Crippen LogP contribution in [0.1, 0.15) is 121 Å². The first-order chi connectivity index (χ1) is 12.3. The molecule has 0 saturated carbocycles. The fourth-order valence-electron chi connectivity index (χ4n) is 4.08. The molecule has 1 aliphatic heterocycles. The highest BCUT2D eigenvalue weighted by molar-refractivity contribution is 5.12. The van der Waals surface area contributed by atoms with Crippen molar-refractivity contribution < 1.29 is 0 Å². The Morgan fingerprint density at radius 3 is 2.20 bits per heavy atom. The van der Waals surface area contributed by atoms with Crippen molar-refractivity contribution in [2.75, 3.05) is 6.54 Å². The Kier molecular flexibility index (Phi) is 10.3. The van der Waals surface area contributed by atoms with Gasteiger partial charge in [-0.15, -0.1) is 0 Å². The lowest BCUT2D eigenvalue weighted by Gasteiger charge is -2.18. The fraction of sp³-hybridized carbons (Fsp3) is 0.864. The summed E-state index contributed by atoms with van der Waals surface area (Å²) in [6.07, 6.45) is 23.4. The summed E-state index contributed by atoms with van der Waals surface area (Å²) in [4.78, 5) is 0. The Bertz CT molecular complexity index is 420. The second kappa shape index (κ2) is 12.5. The van der Waals surface area contributed by atoms with E-state index in [-0.39, 0.29) is 0 Å². The predicted octanol–water partition coefficient (Wildman–Crippen LogP) is 6.57. The second-order valence-corrected chi connectivity index (χ2v) is 7.96. The monoisotopic (exact) mass is 347 g/mol. The SMILES string of the molecule is CCCCCCCC(CCCCCCC)n1cc([C@@H]2CCCN2)cn1. The van der Waals surface area contributed by atoms with Crippen LogP contribution in [0.3, 0.4) is 0 Å². The summed E-state index contributed by atoms with van der Waals surface area (Å²) in [6, 6.07) is 1.15. The van der Waals surface area contributed by atoms with Gasteiger partial charge in [-0.1, -0.05) is 78.1 Å². The van der Waals surface area contributed by atoms with Crippen molar-refractivity contribution >= 4 is 0 Å². The molecular weight excluding hydrogens is 306 g/mol. The van der Waals surface area contributed by atoms with E-state index in [1.165, 1.54) is 95.5 Å². The van der Waals surface area contributed by atoms with Crippen molar-refractivity contribution in [3.8, 4) is 0 Å². The Balaban J connectivity index is 1.83. The second-order valence-electron chi connectivity index (χ2n) is 7.96. The molecule has 0 unspecified atom stereocenters. The molecule has 0 spiro atoms. The van der Waals surface area contributed by atoms with E-state index in [1.54, 1.807) is 0 Å². The zero-order valence-corrected chi connectivity index (χ0v) is 16.8. The molecule has 3 nitrogen and oxygen atoms in total. The minimum Gasteiger partial charge on any atom is -0.310 e. The van der Waals surface area contributed by atoms with Crippen LogP contribution in [-0.2, 0) is 0 Å². The number of aromatic nitrogens is 2. The molecule has 0 radical (unpaired) electrons. The highest BCUT2D eigenvalue weighted by atomic mass is 15.3. The van der Waals surface area contributed by atoms with Crippen LogP contribution in [-0.4, -0.2) is 16.3 Å². The molecule has 25 heavy (non-hydrogen) atoms. The van der Waals surface area contributed by atoms with Gasteiger partial charge in [-0.25, -0.2) is 0 Å². The van der Waals surface area contributed by atoms with Gasteiger partial charge in [-0.2, -0.15) is 5.10 Å². The first kappa shape index (κ1) is 20.5. The van der Waals surface area contributed by atoms with Crippen LogP contribution in [0.25, 0.3) is 0 Å². The van der Waals surface area contributed by atoms with Gasteiger partial charge in [-0.05, 0) is 32.2 Å². The Labute approximate surface area is 156 Å². The molecule has 2 rings (SSSR count). The topological polar surface area (TPSA) is 29.9 Å². The van der Waals surface area contributed by atoms with Gasteiger partial charge in [0.25, 0.3) is 0 Å². The van der Waals surface area contributed by atoms with E-state index in [0.717, 1.165) is 6.54 Å². The van der Waals surface area contributed by atoms with Gasteiger partial charge in [0, 0.05) is 17.8 Å². The van der Waals surface area contributed by atoms with Crippen LogP contribution in [0.5, 0.6) is 0 Å². The van der Waals surface area contributed by atoms with Gasteiger partial charge in [0.1, 0.15) is 0 Å². The molecule has 1 aliphatic rings. The normalized spacial score (nSPS) is 17.6. The molecule has 1 aromatic rings. The van der Waals surface area contributed by atoms with Crippen LogP contribution in [0.15, 0.2) is 12.4 Å². The van der Waals surface area contributed by atoms with Gasteiger partial charge in [0.15, 0.2) is 0 Å². The lowest BCUT2D eigenvalue weighted by molar-refractivity contribution is 0.366. The average molecular weight is 348 g/mol. The predicted molar refractivity (Wildman–Crippen MR) is 108 cm³/mol. The van der Waals surface area contributed by atoms with Gasteiger partial charge < -0.3 is 5.32 Å². The minimum absolute atomic E-state index is 0.545. The zero-order chi connectivity index (χ0) is 17.7. The molecule has 0 aromatic carbocycles. The number of rotatable bonds is 14. The van der Waals surface area contributed by atoms with E-state index in [4.69, 9.17) is 5.10 Å². The summed E-state index contributed by atoms with van der Waals surface area (Å²) in [6.45, 7) is 5.75. The molecule has 1 aromatic heterocycles. The summed E-state index contributed by atoms with van der Waals surface area (Å²) in [5, 5.41) is 8.37. The maximum atomic E-state index is 4.77. The third kappa shape index (κ3) is 7.52. The quantitative estimate of drug-likeness (QED) is 0.386. The molecule has 1 atom stereocenters. The molecule has 2 heterocycles. The molecule has 0 aliphatic carbocycles. The van der Waals surface area contributed by atoms with E-state index >= 15 is 0 Å². The van der Waals surface area contributed by atoms with E-state index in [9.17, 15) is 0 Å².